The molecular formula is C28H26Cl2N2O5. The molecule has 1 saturated carbocycles. The predicted molar refractivity (Wildman–Crippen MR) is 139 cm³/mol. The maximum absolute atomic E-state index is 13.9. The number of halogens is 2. The Balaban J connectivity index is 1.74. The van der Waals surface area contributed by atoms with Crippen LogP contribution in [0.2, 0.25) is 10.0 Å². The van der Waals surface area contributed by atoms with Crippen molar-refractivity contribution in [3.8, 4) is 11.1 Å². The molecule has 0 bridgehead atoms. The van der Waals surface area contributed by atoms with Crippen LogP contribution >= 0.6 is 23.2 Å². The van der Waals surface area contributed by atoms with Crippen molar-refractivity contribution in [1.29, 1.82) is 0 Å². The Morgan fingerprint density at radius 3 is 2.41 bits per heavy atom. The molecule has 2 aliphatic rings. The summed E-state index contributed by atoms with van der Waals surface area (Å²) in [4.78, 5) is 32.8. The number of carbonyl (C=O) groups is 2. The third kappa shape index (κ3) is 4.67. The van der Waals surface area contributed by atoms with Crippen LogP contribution in [0.25, 0.3) is 11.1 Å². The molecule has 7 nitrogen and oxygen atoms in total. The molecule has 2 amide bonds. The van der Waals surface area contributed by atoms with Crippen LogP contribution in [0.1, 0.15) is 41.4 Å². The number of rotatable bonds is 7. The molecule has 3 aromatic rings. The van der Waals surface area contributed by atoms with Gasteiger partial charge in [0.05, 0.1) is 11.1 Å². The molecule has 1 fully saturated rings. The number of aliphatic hydroxyl groups excluding tert-OH is 2. The first kappa shape index (κ1) is 25.8. The fourth-order valence-corrected chi connectivity index (χ4v) is 5.39. The molecule has 2 N–H and O–H groups in total. The first-order chi connectivity index (χ1) is 17.7. The van der Waals surface area contributed by atoms with Crippen molar-refractivity contribution in [2.45, 2.75) is 44.1 Å². The predicted octanol–water partition coefficient (Wildman–Crippen LogP) is 4.60. The van der Waals surface area contributed by atoms with Gasteiger partial charge in [-0.05, 0) is 67.1 Å². The summed E-state index contributed by atoms with van der Waals surface area (Å²) in [6.07, 6.45) is 0.951. The Morgan fingerprint density at radius 1 is 1.11 bits per heavy atom. The van der Waals surface area contributed by atoms with Gasteiger partial charge in [0, 0.05) is 41.1 Å². The first-order valence-corrected chi connectivity index (χ1v) is 12.8. The first-order valence-electron chi connectivity index (χ1n) is 12.1. The van der Waals surface area contributed by atoms with Gasteiger partial charge in [-0.15, -0.1) is 0 Å². The lowest BCUT2D eigenvalue weighted by atomic mass is 9.81. The summed E-state index contributed by atoms with van der Waals surface area (Å²) in [6.45, 7) is 1.36. The third-order valence-corrected chi connectivity index (χ3v) is 7.48. The molecule has 192 valence electrons. The van der Waals surface area contributed by atoms with E-state index in [4.69, 9.17) is 27.9 Å². The maximum Gasteiger partial charge on any atom is 0.263 e. The Bertz CT molecular complexity index is 1320. The number of benzene rings is 2. The van der Waals surface area contributed by atoms with Crippen molar-refractivity contribution in [1.82, 2.24) is 9.88 Å². The highest BCUT2D eigenvalue weighted by atomic mass is 35.5. The summed E-state index contributed by atoms with van der Waals surface area (Å²) in [5.41, 5.74) is 1.31. The van der Waals surface area contributed by atoms with Gasteiger partial charge in [-0.2, -0.15) is 0 Å². The highest BCUT2D eigenvalue weighted by Crippen LogP contribution is 2.50. The Morgan fingerprint density at radius 2 is 1.78 bits per heavy atom. The van der Waals surface area contributed by atoms with E-state index >= 15 is 0 Å². The Labute approximate surface area is 224 Å². The minimum atomic E-state index is -1.58. The van der Waals surface area contributed by atoms with Gasteiger partial charge < -0.3 is 14.9 Å². The molecule has 1 aliphatic carbocycles. The van der Waals surface area contributed by atoms with Crippen molar-refractivity contribution in [2.75, 3.05) is 6.61 Å². The second-order valence-corrected chi connectivity index (χ2v) is 10.5. The van der Waals surface area contributed by atoms with Gasteiger partial charge in [0.1, 0.15) is 6.10 Å². The zero-order chi connectivity index (χ0) is 26.3. The van der Waals surface area contributed by atoms with Crippen molar-refractivity contribution >= 4 is 35.0 Å². The molecule has 1 unspecified atom stereocenters. The summed E-state index contributed by atoms with van der Waals surface area (Å²) in [6, 6.07) is 15.9. The van der Waals surface area contributed by atoms with Crippen molar-refractivity contribution in [3.05, 3.63) is 87.7 Å². The second-order valence-electron chi connectivity index (χ2n) is 9.58. The van der Waals surface area contributed by atoms with E-state index in [1.165, 1.54) is 13.1 Å². The van der Waals surface area contributed by atoms with Gasteiger partial charge in [-0.1, -0.05) is 47.5 Å². The topological polar surface area (TPSA) is 100.0 Å². The van der Waals surface area contributed by atoms with Gasteiger partial charge in [0.25, 0.3) is 11.8 Å². The molecule has 2 heterocycles. The lowest BCUT2D eigenvalue weighted by Crippen LogP contribution is -2.56. The number of aliphatic hydroxyl groups is 2. The number of nitrogens with zero attached hydrogens (tertiary/aromatic N) is 2. The van der Waals surface area contributed by atoms with Crippen LogP contribution in [-0.2, 0) is 21.7 Å². The average Bonchev–Trinajstić information content (AvgIpc) is 3.10. The van der Waals surface area contributed by atoms with Crippen molar-refractivity contribution in [3.63, 3.8) is 0 Å². The summed E-state index contributed by atoms with van der Waals surface area (Å²) in [7, 11) is 0. The van der Waals surface area contributed by atoms with Crippen LogP contribution in [0, 0.1) is 5.92 Å². The fourth-order valence-electron chi connectivity index (χ4n) is 5.16. The minimum Gasteiger partial charge on any atom is -0.396 e. The fraction of sp³-hybridized carbons (Fsp3) is 0.321. The molecule has 5 rings (SSSR count). The van der Waals surface area contributed by atoms with E-state index < -0.39 is 23.6 Å². The number of ether oxygens (including phenoxy) is 1. The number of pyridine rings is 1. The number of fused-ring (bicyclic) bond motifs is 1. The van der Waals surface area contributed by atoms with E-state index in [2.05, 4.69) is 4.98 Å². The van der Waals surface area contributed by atoms with Gasteiger partial charge in [-0.25, -0.2) is 4.90 Å². The minimum absolute atomic E-state index is 0.0352. The van der Waals surface area contributed by atoms with E-state index in [0.717, 1.165) is 10.5 Å². The maximum atomic E-state index is 13.9. The van der Waals surface area contributed by atoms with Crippen molar-refractivity contribution in [2.24, 2.45) is 5.92 Å². The third-order valence-electron chi connectivity index (χ3n) is 7.00. The molecule has 2 aromatic carbocycles. The lowest BCUT2D eigenvalue weighted by molar-refractivity contribution is -0.208. The SMILES string of the molecule is CC(O)C(=O)N1C(=O)c2cccc(-c3ccc(Cl)cc3)c2[C@@]1(Cc1ccc(Cl)cn1)OC1CC(CO)C1. The highest BCUT2D eigenvalue weighted by Gasteiger charge is 2.57. The van der Waals surface area contributed by atoms with Crippen LogP contribution in [-0.4, -0.2) is 50.7 Å². The summed E-state index contributed by atoms with van der Waals surface area (Å²) in [5.74, 6) is -1.24. The molecule has 0 saturated heterocycles. The van der Waals surface area contributed by atoms with E-state index in [9.17, 15) is 19.8 Å². The quantitative estimate of drug-likeness (QED) is 0.454. The van der Waals surface area contributed by atoms with Crippen LogP contribution < -0.4 is 0 Å². The van der Waals surface area contributed by atoms with Crippen LogP contribution in [0.15, 0.2) is 60.8 Å². The zero-order valence-corrected chi connectivity index (χ0v) is 21.6. The second kappa shape index (κ2) is 10.2. The number of hydrogen-bond acceptors (Lipinski definition) is 6. The number of amides is 2. The van der Waals surface area contributed by atoms with E-state index in [1.807, 2.05) is 18.2 Å². The Kier molecular flexibility index (Phi) is 7.09. The van der Waals surface area contributed by atoms with Crippen LogP contribution in [0.4, 0.5) is 0 Å². The van der Waals surface area contributed by atoms with Crippen LogP contribution in [0.3, 0.4) is 0 Å². The monoisotopic (exact) mass is 540 g/mol. The molecule has 1 aliphatic heterocycles. The number of aromatic nitrogens is 1. The average molecular weight is 541 g/mol. The van der Waals surface area contributed by atoms with Crippen LogP contribution in [0.5, 0.6) is 0 Å². The van der Waals surface area contributed by atoms with Gasteiger partial charge >= 0.3 is 0 Å². The summed E-state index contributed by atoms with van der Waals surface area (Å²) < 4.78 is 6.73. The summed E-state index contributed by atoms with van der Waals surface area (Å²) in [5, 5.41) is 20.9. The molecule has 1 aromatic heterocycles. The van der Waals surface area contributed by atoms with E-state index in [-0.39, 0.29) is 25.0 Å². The van der Waals surface area contributed by atoms with Gasteiger partial charge in [0.2, 0.25) is 0 Å². The summed E-state index contributed by atoms with van der Waals surface area (Å²) >= 11 is 12.2. The highest BCUT2D eigenvalue weighted by molar-refractivity contribution is 6.30. The smallest absolute Gasteiger partial charge is 0.263 e. The lowest BCUT2D eigenvalue weighted by Gasteiger charge is -2.45. The molecule has 0 spiro atoms. The number of carbonyl (C=O) groups excluding carboxylic acids is 2. The van der Waals surface area contributed by atoms with Crippen molar-refractivity contribution < 1.29 is 24.5 Å². The molecular weight excluding hydrogens is 515 g/mol. The number of hydrogen-bond donors (Lipinski definition) is 2. The van der Waals surface area contributed by atoms with Gasteiger partial charge in [0.15, 0.2) is 5.72 Å². The molecule has 2 atom stereocenters. The Hall–Kier alpha value is -2.81. The standard InChI is InChI=1S/C28H26Cl2N2O5/c1-16(34)26(35)32-27(36)24-4-2-3-23(18-5-7-19(29)8-6-18)25(24)28(32,37-22-11-17(12-22)15-33)13-21-10-9-20(30)14-31-21/h2-10,14,16-17,22,33-34H,11-13,15H2,1H3/t16?,17?,22?,28-/m1/s1. The molecule has 37 heavy (non-hydrogen) atoms. The number of imide groups is 1. The normalized spacial score (nSPS) is 23.5. The van der Waals surface area contributed by atoms with E-state index in [1.54, 1.807) is 36.4 Å². The molecule has 0 radical (unpaired) electrons. The largest absolute Gasteiger partial charge is 0.396 e. The zero-order valence-electron chi connectivity index (χ0n) is 20.1. The molecule has 9 heteroatoms. The van der Waals surface area contributed by atoms with Gasteiger partial charge in [-0.3, -0.25) is 14.6 Å². The van der Waals surface area contributed by atoms with E-state index in [0.29, 0.717) is 45.3 Å².